The van der Waals surface area contributed by atoms with Crippen molar-refractivity contribution in [2.24, 2.45) is 11.8 Å². The van der Waals surface area contributed by atoms with Gasteiger partial charge in [-0.15, -0.1) is 5.06 Å². The molecule has 0 aromatic rings. The predicted octanol–water partition coefficient (Wildman–Crippen LogP) is 0.157. The predicted molar refractivity (Wildman–Crippen MR) is 124 cm³/mol. The van der Waals surface area contributed by atoms with E-state index in [0.717, 1.165) is 13.8 Å². The number of amides is 2. The number of rotatable bonds is 14. The second-order valence-corrected chi connectivity index (χ2v) is 9.28. The van der Waals surface area contributed by atoms with E-state index in [1.165, 1.54) is 0 Å². The first kappa shape index (κ1) is 33.0. The van der Waals surface area contributed by atoms with Gasteiger partial charge in [-0.2, -0.15) is 0 Å². The van der Waals surface area contributed by atoms with Crippen LogP contribution in [0.4, 0.5) is 0 Å². The number of carbonyl (C=O) groups excluding carboxylic acids is 8. The molecule has 1 aliphatic heterocycles. The van der Waals surface area contributed by atoms with Crippen LogP contribution in [0.15, 0.2) is 0 Å². The topological polar surface area (TPSA) is 195 Å². The number of esters is 5. The van der Waals surface area contributed by atoms with Crippen molar-refractivity contribution in [1.29, 1.82) is 0 Å². The van der Waals surface area contributed by atoms with Crippen molar-refractivity contribution in [3.05, 3.63) is 0 Å². The van der Waals surface area contributed by atoms with E-state index >= 15 is 0 Å². The van der Waals surface area contributed by atoms with E-state index < -0.39 is 72.4 Å². The molecular weight excluding hydrogens is 526 g/mol. The summed E-state index contributed by atoms with van der Waals surface area (Å²) in [5.74, 6) is -9.51. The second kappa shape index (κ2) is 15.4. The first-order chi connectivity index (χ1) is 18.1. The van der Waals surface area contributed by atoms with E-state index in [4.69, 9.17) is 28.5 Å². The molecule has 218 valence electrons. The highest BCUT2D eigenvalue weighted by molar-refractivity contribution is 6.02. The minimum absolute atomic E-state index is 0.00488. The van der Waals surface area contributed by atoms with Crippen LogP contribution in [0.2, 0.25) is 0 Å². The molecule has 3 atom stereocenters. The number of imide groups is 1. The van der Waals surface area contributed by atoms with E-state index in [1.807, 2.05) is 0 Å². The molecular formula is C24H33NO14. The van der Waals surface area contributed by atoms with Crippen LogP contribution in [-0.2, 0) is 66.9 Å². The molecule has 1 saturated heterocycles. The highest BCUT2D eigenvalue weighted by atomic mass is 16.7. The SMILES string of the molecule is CC(=O)O[C@@H](C(=O)O[C@@H](CC(=O)OCC(C)C)C(=O)OCC(C)C)[C@@H](OC(C)=O)C(=O)ON1C(=O)CCC1=O. The average Bonchev–Trinajstić information content (AvgIpc) is 3.14. The Labute approximate surface area is 224 Å². The molecule has 39 heavy (non-hydrogen) atoms. The van der Waals surface area contributed by atoms with Crippen LogP contribution in [0.3, 0.4) is 0 Å². The molecule has 1 fully saturated rings. The maximum absolute atomic E-state index is 13.1. The first-order valence-corrected chi connectivity index (χ1v) is 12.1. The van der Waals surface area contributed by atoms with Crippen molar-refractivity contribution in [2.75, 3.05) is 13.2 Å². The zero-order chi connectivity index (χ0) is 29.9. The van der Waals surface area contributed by atoms with Gasteiger partial charge in [-0.1, -0.05) is 27.7 Å². The van der Waals surface area contributed by atoms with Crippen molar-refractivity contribution in [1.82, 2.24) is 5.06 Å². The van der Waals surface area contributed by atoms with Gasteiger partial charge in [-0.25, -0.2) is 14.4 Å². The van der Waals surface area contributed by atoms with Crippen LogP contribution in [0.1, 0.15) is 60.8 Å². The Bertz CT molecular complexity index is 956. The summed E-state index contributed by atoms with van der Waals surface area (Å²) in [6.07, 6.45) is -7.93. The lowest BCUT2D eigenvalue weighted by molar-refractivity contribution is -0.214. The summed E-state index contributed by atoms with van der Waals surface area (Å²) < 4.78 is 24.8. The van der Waals surface area contributed by atoms with Crippen LogP contribution in [0.25, 0.3) is 0 Å². The number of carbonyl (C=O) groups is 8. The lowest BCUT2D eigenvalue weighted by Crippen LogP contribution is -2.50. The monoisotopic (exact) mass is 559 g/mol. The van der Waals surface area contributed by atoms with Gasteiger partial charge in [0.25, 0.3) is 11.8 Å². The molecule has 1 heterocycles. The van der Waals surface area contributed by atoms with Crippen molar-refractivity contribution >= 4 is 47.6 Å². The third-order valence-corrected chi connectivity index (χ3v) is 4.52. The van der Waals surface area contributed by atoms with Gasteiger partial charge in [0.1, 0.15) is 0 Å². The minimum atomic E-state index is -2.36. The Morgan fingerprint density at radius 1 is 0.692 bits per heavy atom. The average molecular weight is 560 g/mol. The van der Waals surface area contributed by atoms with Crippen molar-refractivity contribution in [3.8, 4) is 0 Å². The molecule has 0 radical (unpaired) electrons. The molecule has 0 N–H and O–H groups in total. The van der Waals surface area contributed by atoms with Gasteiger partial charge in [-0.3, -0.25) is 24.0 Å². The lowest BCUT2D eigenvalue weighted by Gasteiger charge is -2.26. The number of hydrogen-bond acceptors (Lipinski definition) is 14. The highest BCUT2D eigenvalue weighted by Gasteiger charge is 2.46. The van der Waals surface area contributed by atoms with E-state index in [2.05, 4.69) is 0 Å². The van der Waals surface area contributed by atoms with E-state index in [0.29, 0.717) is 0 Å². The Balaban J connectivity index is 3.25. The molecule has 0 spiro atoms. The summed E-state index contributed by atoms with van der Waals surface area (Å²) in [6, 6.07) is 0. The fourth-order valence-electron chi connectivity index (χ4n) is 2.82. The summed E-state index contributed by atoms with van der Waals surface area (Å²) >= 11 is 0. The number of hydrogen-bond donors (Lipinski definition) is 0. The summed E-state index contributed by atoms with van der Waals surface area (Å²) in [5.41, 5.74) is 0. The molecule has 1 aliphatic rings. The van der Waals surface area contributed by atoms with Crippen molar-refractivity contribution < 1.29 is 66.9 Å². The molecule has 15 heteroatoms. The quantitative estimate of drug-likeness (QED) is 0.158. The molecule has 15 nitrogen and oxygen atoms in total. The molecule has 0 aliphatic carbocycles. The summed E-state index contributed by atoms with van der Waals surface area (Å²) in [7, 11) is 0. The zero-order valence-electron chi connectivity index (χ0n) is 22.6. The van der Waals surface area contributed by atoms with Gasteiger partial charge in [0, 0.05) is 26.7 Å². The summed E-state index contributed by atoms with van der Waals surface area (Å²) in [6.45, 7) is 8.60. The maximum Gasteiger partial charge on any atom is 0.377 e. The Hall–Kier alpha value is -4.04. The Kier molecular flexibility index (Phi) is 13.0. The van der Waals surface area contributed by atoms with Crippen molar-refractivity contribution in [3.63, 3.8) is 0 Å². The van der Waals surface area contributed by atoms with E-state index in [1.54, 1.807) is 27.7 Å². The van der Waals surface area contributed by atoms with Crippen LogP contribution in [0.5, 0.6) is 0 Å². The van der Waals surface area contributed by atoms with Gasteiger partial charge >= 0.3 is 35.8 Å². The summed E-state index contributed by atoms with van der Waals surface area (Å²) in [5, 5.41) is 0.117. The molecule has 0 aromatic heterocycles. The third kappa shape index (κ3) is 11.5. The fraction of sp³-hybridized carbons (Fsp3) is 0.667. The molecule has 2 amide bonds. The Morgan fingerprint density at radius 3 is 1.62 bits per heavy atom. The number of hydroxylamine groups is 2. The van der Waals surface area contributed by atoms with Gasteiger partial charge in [0.05, 0.1) is 19.6 Å². The van der Waals surface area contributed by atoms with Gasteiger partial charge in [0.2, 0.25) is 18.3 Å². The van der Waals surface area contributed by atoms with Gasteiger partial charge in [0.15, 0.2) is 0 Å². The maximum atomic E-state index is 13.1. The van der Waals surface area contributed by atoms with Gasteiger partial charge < -0.3 is 28.5 Å². The normalized spacial score (nSPS) is 15.3. The molecule has 1 rings (SSSR count). The van der Waals surface area contributed by atoms with Crippen LogP contribution in [-0.4, -0.2) is 84.2 Å². The fourth-order valence-corrected chi connectivity index (χ4v) is 2.82. The van der Waals surface area contributed by atoms with Crippen LogP contribution >= 0.6 is 0 Å². The second-order valence-electron chi connectivity index (χ2n) is 9.28. The third-order valence-electron chi connectivity index (χ3n) is 4.52. The van der Waals surface area contributed by atoms with Crippen LogP contribution in [0, 0.1) is 11.8 Å². The largest absolute Gasteiger partial charge is 0.465 e. The molecule has 0 unspecified atom stereocenters. The van der Waals surface area contributed by atoms with Crippen molar-refractivity contribution in [2.45, 2.75) is 79.1 Å². The minimum Gasteiger partial charge on any atom is -0.465 e. The first-order valence-electron chi connectivity index (χ1n) is 12.1. The smallest absolute Gasteiger partial charge is 0.377 e. The number of nitrogens with zero attached hydrogens (tertiary/aromatic N) is 1. The lowest BCUT2D eigenvalue weighted by atomic mass is 10.2. The highest BCUT2D eigenvalue weighted by Crippen LogP contribution is 2.18. The van der Waals surface area contributed by atoms with E-state index in [-0.39, 0.29) is 43.0 Å². The Morgan fingerprint density at radius 2 is 1.15 bits per heavy atom. The van der Waals surface area contributed by atoms with E-state index in [9.17, 15) is 38.4 Å². The number of ether oxygens (including phenoxy) is 5. The molecule has 0 bridgehead atoms. The molecule has 0 saturated carbocycles. The van der Waals surface area contributed by atoms with Crippen LogP contribution < -0.4 is 0 Å². The molecule has 0 aromatic carbocycles. The summed E-state index contributed by atoms with van der Waals surface area (Å²) in [4.78, 5) is 102. The van der Waals surface area contributed by atoms with Gasteiger partial charge in [-0.05, 0) is 11.8 Å². The zero-order valence-corrected chi connectivity index (χ0v) is 22.6. The standard InChI is InChI=1S/C24H33NO14/c1-12(2)10-34-19(30)9-16(22(31)35-11-13(3)4)38-23(32)20(36-14(5)26)21(37-15(6)27)24(33)39-25-17(28)7-8-18(25)29/h12-13,16,20-21H,7-11H2,1-6H3/t16-,20+,21+/m0/s1.